The Hall–Kier alpha value is -0.570. The van der Waals surface area contributed by atoms with Crippen molar-refractivity contribution in [2.24, 2.45) is 0 Å². The predicted octanol–water partition coefficient (Wildman–Crippen LogP) is 1.43. The number of hydrogen-bond acceptors (Lipinski definition) is 2. The van der Waals surface area contributed by atoms with Crippen LogP contribution in [0.3, 0.4) is 0 Å². The van der Waals surface area contributed by atoms with Crippen molar-refractivity contribution in [3.63, 3.8) is 0 Å². The van der Waals surface area contributed by atoms with E-state index in [1.54, 1.807) is 6.92 Å². The maximum absolute atomic E-state index is 10.9. The van der Waals surface area contributed by atoms with Crippen LogP contribution in [0.25, 0.3) is 0 Å². The standard InChI is InChI=1S/C11H22N2O/c1-8(14)12-9-5-6-10(7-9)13-11(2,3)4/h9-10,13H,5-7H2,1-4H3,(H,12,14). The van der Waals surface area contributed by atoms with Crippen LogP contribution in [-0.2, 0) is 4.79 Å². The zero-order valence-electron chi connectivity index (χ0n) is 9.68. The molecule has 1 fully saturated rings. The van der Waals surface area contributed by atoms with Gasteiger partial charge in [0.25, 0.3) is 0 Å². The minimum atomic E-state index is 0.0893. The van der Waals surface area contributed by atoms with Gasteiger partial charge in [0.05, 0.1) is 0 Å². The average Bonchev–Trinajstić information content (AvgIpc) is 2.30. The molecular formula is C11H22N2O. The number of amides is 1. The first-order valence-corrected chi connectivity index (χ1v) is 5.41. The van der Waals surface area contributed by atoms with Crippen molar-refractivity contribution in [2.75, 3.05) is 0 Å². The van der Waals surface area contributed by atoms with Crippen LogP contribution in [0.1, 0.15) is 47.0 Å². The first-order chi connectivity index (χ1) is 6.37. The summed E-state index contributed by atoms with van der Waals surface area (Å²) in [6.45, 7) is 8.13. The number of rotatable bonds is 2. The van der Waals surface area contributed by atoms with Gasteiger partial charge in [-0.2, -0.15) is 0 Å². The van der Waals surface area contributed by atoms with E-state index in [1.165, 1.54) is 6.42 Å². The first kappa shape index (κ1) is 11.5. The third-order valence-electron chi connectivity index (χ3n) is 2.48. The van der Waals surface area contributed by atoms with E-state index in [2.05, 4.69) is 31.4 Å². The lowest BCUT2D eigenvalue weighted by Gasteiger charge is -2.25. The van der Waals surface area contributed by atoms with E-state index in [-0.39, 0.29) is 11.4 Å². The summed E-state index contributed by atoms with van der Waals surface area (Å²) < 4.78 is 0. The van der Waals surface area contributed by atoms with Gasteiger partial charge in [-0.3, -0.25) is 4.79 Å². The Morgan fingerprint density at radius 3 is 2.29 bits per heavy atom. The molecule has 1 aliphatic carbocycles. The van der Waals surface area contributed by atoms with E-state index in [4.69, 9.17) is 0 Å². The Morgan fingerprint density at radius 2 is 1.79 bits per heavy atom. The van der Waals surface area contributed by atoms with Crippen LogP contribution in [0.5, 0.6) is 0 Å². The van der Waals surface area contributed by atoms with E-state index in [0.29, 0.717) is 12.1 Å². The van der Waals surface area contributed by atoms with Gasteiger partial charge >= 0.3 is 0 Å². The van der Waals surface area contributed by atoms with Crippen molar-refractivity contribution in [3.8, 4) is 0 Å². The molecule has 0 aromatic carbocycles. The van der Waals surface area contributed by atoms with Crippen LogP contribution in [0.15, 0.2) is 0 Å². The highest BCUT2D eigenvalue weighted by Crippen LogP contribution is 2.21. The molecule has 0 aromatic rings. The quantitative estimate of drug-likeness (QED) is 0.705. The molecule has 2 unspecified atom stereocenters. The van der Waals surface area contributed by atoms with Crippen LogP contribution < -0.4 is 10.6 Å². The molecule has 0 aliphatic heterocycles. The van der Waals surface area contributed by atoms with Crippen molar-refractivity contribution in [1.29, 1.82) is 0 Å². The van der Waals surface area contributed by atoms with Crippen LogP contribution in [0.2, 0.25) is 0 Å². The van der Waals surface area contributed by atoms with Gasteiger partial charge in [-0.1, -0.05) is 0 Å². The van der Waals surface area contributed by atoms with E-state index in [9.17, 15) is 4.79 Å². The van der Waals surface area contributed by atoms with Crippen LogP contribution >= 0.6 is 0 Å². The van der Waals surface area contributed by atoms with Gasteiger partial charge in [-0.25, -0.2) is 0 Å². The Kier molecular flexibility index (Phi) is 3.53. The second kappa shape index (κ2) is 4.30. The lowest BCUT2D eigenvalue weighted by molar-refractivity contribution is -0.119. The fraction of sp³-hybridized carbons (Fsp3) is 0.909. The van der Waals surface area contributed by atoms with E-state index in [1.807, 2.05) is 0 Å². The molecule has 3 nitrogen and oxygen atoms in total. The fourth-order valence-corrected chi connectivity index (χ4v) is 2.14. The molecule has 0 aromatic heterocycles. The van der Waals surface area contributed by atoms with Crippen molar-refractivity contribution < 1.29 is 4.79 Å². The zero-order chi connectivity index (χ0) is 10.8. The lowest BCUT2D eigenvalue weighted by atomic mass is 10.1. The molecule has 0 spiro atoms. The highest BCUT2D eigenvalue weighted by Gasteiger charge is 2.27. The zero-order valence-corrected chi connectivity index (χ0v) is 9.68. The second-order valence-corrected chi connectivity index (χ2v) is 5.30. The molecule has 2 atom stereocenters. The van der Waals surface area contributed by atoms with Crippen molar-refractivity contribution in [3.05, 3.63) is 0 Å². The highest BCUT2D eigenvalue weighted by molar-refractivity contribution is 5.73. The molecular weight excluding hydrogens is 176 g/mol. The topological polar surface area (TPSA) is 41.1 Å². The van der Waals surface area contributed by atoms with Gasteiger partial charge in [0.15, 0.2) is 0 Å². The summed E-state index contributed by atoms with van der Waals surface area (Å²) in [5.41, 5.74) is 0.176. The molecule has 1 amide bonds. The maximum Gasteiger partial charge on any atom is 0.217 e. The van der Waals surface area contributed by atoms with Gasteiger partial charge < -0.3 is 10.6 Å². The number of hydrogen-bond donors (Lipinski definition) is 2. The molecule has 1 rings (SSSR count). The SMILES string of the molecule is CC(=O)NC1CCC(NC(C)(C)C)C1. The minimum absolute atomic E-state index is 0.0893. The Labute approximate surface area is 86.6 Å². The summed E-state index contributed by atoms with van der Waals surface area (Å²) in [5, 5.41) is 6.55. The summed E-state index contributed by atoms with van der Waals surface area (Å²) >= 11 is 0. The molecule has 0 saturated heterocycles. The Morgan fingerprint density at radius 1 is 1.21 bits per heavy atom. The normalized spacial score (nSPS) is 27.7. The van der Waals surface area contributed by atoms with Crippen molar-refractivity contribution in [2.45, 2.75) is 64.6 Å². The summed E-state index contributed by atoms with van der Waals surface area (Å²) in [4.78, 5) is 10.9. The molecule has 3 heteroatoms. The molecule has 2 N–H and O–H groups in total. The monoisotopic (exact) mass is 198 g/mol. The minimum Gasteiger partial charge on any atom is -0.354 e. The number of carbonyl (C=O) groups excluding carboxylic acids is 1. The van der Waals surface area contributed by atoms with E-state index in [0.717, 1.165) is 12.8 Å². The molecule has 14 heavy (non-hydrogen) atoms. The Bertz CT molecular complexity index is 208. The largest absolute Gasteiger partial charge is 0.354 e. The van der Waals surface area contributed by atoms with Gasteiger partial charge in [-0.05, 0) is 40.0 Å². The third kappa shape index (κ3) is 4.09. The number of nitrogens with one attached hydrogen (secondary N) is 2. The van der Waals surface area contributed by atoms with Crippen LogP contribution in [-0.4, -0.2) is 23.5 Å². The first-order valence-electron chi connectivity index (χ1n) is 5.41. The number of carbonyl (C=O) groups is 1. The summed E-state index contributed by atoms with van der Waals surface area (Å²) in [5.74, 6) is 0.0893. The smallest absolute Gasteiger partial charge is 0.217 e. The molecule has 0 bridgehead atoms. The van der Waals surface area contributed by atoms with Crippen LogP contribution in [0, 0.1) is 0 Å². The summed E-state index contributed by atoms with van der Waals surface area (Å²) in [7, 11) is 0. The molecule has 0 radical (unpaired) electrons. The average molecular weight is 198 g/mol. The van der Waals surface area contributed by atoms with Crippen LogP contribution in [0.4, 0.5) is 0 Å². The van der Waals surface area contributed by atoms with Gasteiger partial charge in [-0.15, -0.1) is 0 Å². The van der Waals surface area contributed by atoms with Crippen molar-refractivity contribution >= 4 is 5.91 Å². The molecule has 0 heterocycles. The lowest BCUT2D eigenvalue weighted by Crippen LogP contribution is -2.43. The van der Waals surface area contributed by atoms with Gasteiger partial charge in [0.1, 0.15) is 0 Å². The molecule has 82 valence electrons. The van der Waals surface area contributed by atoms with E-state index >= 15 is 0 Å². The predicted molar refractivity (Wildman–Crippen MR) is 58.1 cm³/mol. The molecule has 1 saturated carbocycles. The summed E-state index contributed by atoms with van der Waals surface area (Å²) in [6.07, 6.45) is 3.34. The van der Waals surface area contributed by atoms with Crippen molar-refractivity contribution in [1.82, 2.24) is 10.6 Å². The second-order valence-electron chi connectivity index (χ2n) is 5.30. The van der Waals surface area contributed by atoms with E-state index < -0.39 is 0 Å². The maximum atomic E-state index is 10.9. The summed E-state index contributed by atoms with van der Waals surface area (Å²) in [6, 6.07) is 0.944. The highest BCUT2D eigenvalue weighted by atomic mass is 16.1. The fourth-order valence-electron chi connectivity index (χ4n) is 2.14. The van der Waals surface area contributed by atoms with Gasteiger partial charge in [0, 0.05) is 24.5 Å². The molecule has 1 aliphatic rings. The van der Waals surface area contributed by atoms with Gasteiger partial charge in [0.2, 0.25) is 5.91 Å². The third-order valence-corrected chi connectivity index (χ3v) is 2.48. The Balaban J connectivity index is 2.31.